The quantitative estimate of drug-likeness (QED) is 0.788. The molecule has 4 heteroatoms. The molecule has 2 rings (SSSR count). The van der Waals surface area contributed by atoms with Crippen molar-refractivity contribution in [3.63, 3.8) is 0 Å². The lowest BCUT2D eigenvalue weighted by molar-refractivity contribution is -0.141. The van der Waals surface area contributed by atoms with Crippen LogP contribution in [0.3, 0.4) is 0 Å². The van der Waals surface area contributed by atoms with Crippen LogP contribution in [0.5, 0.6) is 0 Å². The van der Waals surface area contributed by atoms with E-state index in [2.05, 4.69) is 5.32 Å². The summed E-state index contributed by atoms with van der Waals surface area (Å²) >= 11 is 0. The van der Waals surface area contributed by atoms with Gasteiger partial charge in [0.05, 0.1) is 11.6 Å². The maximum Gasteiger partial charge on any atom is 0.240 e. The molecule has 0 aromatic rings. The average molecular weight is 266 g/mol. The fraction of sp³-hybridized carbons (Fsp3) is 0.867. The highest BCUT2D eigenvalue weighted by Gasteiger charge is 2.43. The first-order valence-corrected chi connectivity index (χ1v) is 7.57. The maximum atomic E-state index is 12.8. The molecule has 2 aliphatic rings. The van der Waals surface area contributed by atoms with E-state index >= 15 is 0 Å². The van der Waals surface area contributed by atoms with Gasteiger partial charge in [0, 0.05) is 6.54 Å². The molecule has 19 heavy (non-hydrogen) atoms. The van der Waals surface area contributed by atoms with Crippen LogP contribution in [0, 0.1) is 5.92 Å². The molecule has 1 heterocycles. The standard InChI is InChI=1S/C15H26N2O2/c1-15(11-18)9-6-10-17(15)14(19)13(16-2)12-7-4-3-5-8-12/h11-13,16H,3-10H2,1-2H3. The van der Waals surface area contributed by atoms with Crippen LogP contribution >= 0.6 is 0 Å². The molecule has 108 valence electrons. The van der Waals surface area contributed by atoms with Gasteiger partial charge in [0.15, 0.2) is 0 Å². The highest BCUT2D eigenvalue weighted by atomic mass is 16.2. The van der Waals surface area contributed by atoms with Gasteiger partial charge in [-0.15, -0.1) is 0 Å². The minimum Gasteiger partial charge on any atom is -0.329 e. The second-order valence-corrected chi connectivity index (χ2v) is 6.23. The molecule has 1 N–H and O–H groups in total. The fourth-order valence-corrected chi connectivity index (χ4v) is 3.67. The number of hydrogen-bond acceptors (Lipinski definition) is 3. The molecule has 1 amide bonds. The van der Waals surface area contributed by atoms with Gasteiger partial charge in [0.1, 0.15) is 6.29 Å². The van der Waals surface area contributed by atoms with Crippen molar-refractivity contribution in [1.82, 2.24) is 10.2 Å². The lowest BCUT2D eigenvalue weighted by atomic mass is 9.83. The molecule has 2 atom stereocenters. The van der Waals surface area contributed by atoms with Crippen LogP contribution in [-0.4, -0.2) is 42.3 Å². The molecule has 2 fully saturated rings. The third-order valence-electron chi connectivity index (χ3n) is 4.90. The Labute approximate surface area is 115 Å². The first-order chi connectivity index (χ1) is 9.12. The molecule has 1 saturated carbocycles. The van der Waals surface area contributed by atoms with Gasteiger partial charge in [-0.1, -0.05) is 19.3 Å². The molecule has 4 nitrogen and oxygen atoms in total. The molecular weight excluding hydrogens is 240 g/mol. The van der Waals surface area contributed by atoms with Gasteiger partial charge in [-0.3, -0.25) is 4.79 Å². The number of amides is 1. The van der Waals surface area contributed by atoms with Crippen LogP contribution in [0.2, 0.25) is 0 Å². The number of nitrogens with one attached hydrogen (secondary N) is 1. The van der Waals surface area contributed by atoms with Gasteiger partial charge < -0.3 is 15.0 Å². The van der Waals surface area contributed by atoms with Gasteiger partial charge in [-0.25, -0.2) is 0 Å². The van der Waals surface area contributed by atoms with Crippen molar-refractivity contribution >= 4 is 12.2 Å². The molecule has 0 aromatic heterocycles. The Morgan fingerprint density at radius 3 is 2.58 bits per heavy atom. The zero-order chi connectivity index (χ0) is 13.9. The van der Waals surface area contributed by atoms with E-state index in [-0.39, 0.29) is 11.9 Å². The second-order valence-electron chi connectivity index (χ2n) is 6.23. The maximum absolute atomic E-state index is 12.8. The van der Waals surface area contributed by atoms with Gasteiger partial charge in [-0.05, 0) is 45.6 Å². The van der Waals surface area contributed by atoms with Crippen LogP contribution in [-0.2, 0) is 9.59 Å². The number of hydrogen-bond donors (Lipinski definition) is 1. The third-order valence-corrected chi connectivity index (χ3v) is 4.90. The van der Waals surface area contributed by atoms with Crippen LogP contribution < -0.4 is 5.32 Å². The number of aldehydes is 1. The average Bonchev–Trinajstić information content (AvgIpc) is 2.83. The minimum absolute atomic E-state index is 0.113. The molecule has 0 spiro atoms. The molecular formula is C15H26N2O2. The lowest BCUT2D eigenvalue weighted by Gasteiger charge is -2.37. The van der Waals surface area contributed by atoms with Crippen molar-refractivity contribution in [2.45, 2.75) is 63.5 Å². The molecule has 0 bridgehead atoms. The normalized spacial score (nSPS) is 30.3. The van der Waals surface area contributed by atoms with E-state index in [1.807, 2.05) is 14.0 Å². The van der Waals surface area contributed by atoms with Crippen molar-refractivity contribution in [3.05, 3.63) is 0 Å². The summed E-state index contributed by atoms with van der Waals surface area (Å²) in [6.45, 7) is 2.61. The van der Waals surface area contributed by atoms with E-state index in [0.717, 1.165) is 38.5 Å². The van der Waals surface area contributed by atoms with Gasteiger partial charge in [-0.2, -0.15) is 0 Å². The Morgan fingerprint density at radius 1 is 1.32 bits per heavy atom. The molecule has 1 aliphatic heterocycles. The Kier molecular flexibility index (Phi) is 4.61. The van der Waals surface area contributed by atoms with E-state index < -0.39 is 5.54 Å². The lowest BCUT2D eigenvalue weighted by Crippen LogP contribution is -2.55. The van der Waals surface area contributed by atoms with E-state index in [4.69, 9.17) is 0 Å². The molecule has 2 unspecified atom stereocenters. The van der Waals surface area contributed by atoms with Crippen LogP contribution in [0.4, 0.5) is 0 Å². The summed E-state index contributed by atoms with van der Waals surface area (Å²) in [7, 11) is 1.87. The molecule has 1 aliphatic carbocycles. The first kappa shape index (κ1) is 14.5. The van der Waals surface area contributed by atoms with E-state index in [0.29, 0.717) is 5.92 Å². The van der Waals surface area contributed by atoms with E-state index in [1.54, 1.807) is 4.90 Å². The predicted octanol–water partition coefficient (Wildman–Crippen LogP) is 1.73. The predicted molar refractivity (Wildman–Crippen MR) is 74.8 cm³/mol. The van der Waals surface area contributed by atoms with E-state index in [9.17, 15) is 9.59 Å². The Bertz CT molecular complexity index is 339. The SMILES string of the molecule is CNC(C(=O)N1CCCC1(C)C=O)C1CCCCC1. The highest BCUT2D eigenvalue weighted by molar-refractivity contribution is 5.86. The summed E-state index contributed by atoms with van der Waals surface area (Å²) in [6.07, 6.45) is 8.67. The van der Waals surface area contributed by atoms with Gasteiger partial charge in [0.2, 0.25) is 5.91 Å². The summed E-state index contributed by atoms with van der Waals surface area (Å²) in [5.74, 6) is 0.559. The fourth-order valence-electron chi connectivity index (χ4n) is 3.67. The number of carbonyl (C=O) groups is 2. The summed E-state index contributed by atoms with van der Waals surface area (Å²) in [5, 5.41) is 3.20. The third kappa shape index (κ3) is 2.83. The zero-order valence-corrected chi connectivity index (χ0v) is 12.2. The molecule has 0 radical (unpaired) electrons. The van der Waals surface area contributed by atoms with Crippen molar-refractivity contribution in [2.75, 3.05) is 13.6 Å². The number of carbonyl (C=O) groups excluding carboxylic acids is 2. The highest BCUT2D eigenvalue weighted by Crippen LogP contribution is 2.32. The van der Waals surface area contributed by atoms with Gasteiger partial charge in [0.25, 0.3) is 0 Å². The van der Waals surface area contributed by atoms with Crippen molar-refractivity contribution < 1.29 is 9.59 Å². The molecule has 1 saturated heterocycles. The van der Waals surface area contributed by atoms with Crippen LogP contribution in [0.25, 0.3) is 0 Å². The summed E-state index contributed by atoms with van der Waals surface area (Å²) in [5.41, 5.74) is -0.582. The van der Waals surface area contributed by atoms with Crippen molar-refractivity contribution in [2.24, 2.45) is 5.92 Å². The second kappa shape index (κ2) is 6.04. The van der Waals surface area contributed by atoms with Crippen LogP contribution in [0.15, 0.2) is 0 Å². The smallest absolute Gasteiger partial charge is 0.240 e. The number of nitrogens with zero attached hydrogens (tertiary/aromatic N) is 1. The summed E-state index contributed by atoms with van der Waals surface area (Å²) in [6, 6.07) is -0.113. The monoisotopic (exact) mass is 266 g/mol. The number of likely N-dealkylation sites (tertiary alicyclic amines) is 1. The Balaban J connectivity index is 2.09. The Hall–Kier alpha value is -0.900. The molecule has 0 aromatic carbocycles. The zero-order valence-electron chi connectivity index (χ0n) is 12.2. The summed E-state index contributed by atoms with van der Waals surface area (Å²) in [4.78, 5) is 25.9. The van der Waals surface area contributed by atoms with Crippen molar-refractivity contribution in [1.29, 1.82) is 0 Å². The van der Waals surface area contributed by atoms with Crippen molar-refractivity contribution in [3.8, 4) is 0 Å². The number of likely N-dealkylation sites (N-methyl/N-ethyl adjacent to an activating group) is 1. The summed E-state index contributed by atoms with van der Waals surface area (Å²) < 4.78 is 0. The first-order valence-electron chi connectivity index (χ1n) is 7.57. The topological polar surface area (TPSA) is 49.4 Å². The number of rotatable bonds is 4. The van der Waals surface area contributed by atoms with Gasteiger partial charge >= 0.3 is 0 Å². The van der Waals surface area contributed by atoms with Crippen LogP contribution in [0.1, 0.15) is 51.9 Å². The minimum atomic E-state index is -0.582. The van der Waals surface area contributed by atoms with E-state index in [1.165, 1.54) is 19.3 Å². The largest absolute Gasteiger partial charge is 0.329 e. The Morgan fingerprint density at radius 2 is 2.00 bits per heavy atom.